The molecule has 1 heterocycles. The molecule has 1 saturated heterocycles. The minimum absolute atomic E-state index is 0.0637. The van der Waals surface area contributed by atoms with E-state index in [1.54, 1.807) is 23.1 Å². The standard InChI is InChI=1S/C23H22N2O4S2/c26-20(24-18-12-7-6-11-17(18)22(28)29)13-5-2-8-14-25-21(27)19(31-23(25)30)15-16-9-3-1-4-10-16/h1,3-4,6-7,9-12,15H,2,5,8,13-14H2,(H,24,26)(H,28,29). The lowest BCUT2D eigenvalue weighted by molar-refractivity contribution is -0.122. The van der Waals surface area contributed by atoms with Gasteiger partial charge in [0.2, 0.25) is 5.91 Å². The van der Waals surface area contributed by atoms with E-state index in [1.807, 2.05) is 36.4 Å². The molecule has 0 aliphatic carbocycles. The van der Waals surface area contributed by atoms with Crippen LogP contribution in [0.25, 0.3) is 6.08 Å². The van der Waals surface area contributed by atoms with Gasteiger partial charge in [0.15, 0.2) is 0 Å². The number of nitrogens with zero attached hydrogens (tertiary/aromatic N) is 1. The van der Waals surface area contributed by atoms with E-state index in [1.165, 1.54) is 17.8 Å². The van der Waals surface area contributed by atoms with Crippen molar-refractivity contribution in [3.8, 4) is 0 Å². The lowest BCUT2D eigenvalue weighted by Crippen LogP contribution is -2.29. The molecule has 0 saturated carbocycles. The van der Waals surface area contributed by atoms with E-state index < -0.39 is 5.97 Å². The minimum Gasteiger partial charge on any atom is -0.478 e. The molecular weight excluding hydrogens is 432 g/mol. The van der Waals surface area contributed by atoms with Crippen molar-refractivity contribution in [3.05, 3.63) is 70.6 Å². The number of anilines is 1. The summed E-state index contributed by atoms with van der Waals surface area (Å²) < 4.78 is 0.551. The Morgan fingerprint density at radius 1 is 1.03 bits per heavy atom. The van der Waals surface area contributed by atoms with Crippen LogP contribution in [0.5, 0.6) is 0 Å². The van der Waals surface area contributed by atoms with Crippen LogP contribution in [0.1, 0.15) is 41.6 Å². The molecule has 0 radical (unpaired) electrons. The Balaban J connectivity index is 1.42. The van der Waals surface area contributed by atoms with Crippen LogP contribution in [0.3, 0.4) is 0 Å². The van der Waals surface area contributed by atoms with Crippen LogP contribution >= 0.6 is 24.0 Å². The molecule has 2 amide bonds. The second-order valence-corrected chi connectivity index (χ2v) is 8.63. The van der Waals surface area contributed by atoms with E-state index in [4.69, 9.17) is 12.2 Å². The normalized spacial score (nSPS) is 14.8. The molecule has 1 aliphatic rings. The Kier molecular flexibility index (Phi) is 7.97. The molecule has 2 aromatic rings. The number of hydrogen-bond acceptors (Lipinski definition) is 5. The highest BCUT2D eigenvalue weighted by Crippen LogP contribution is 2.32. The zero-order valence-corrected chi connectivity index (χ0v) is 18.4. The molecule has 6 nitrogen and oxygen atoms in total. The molecule has 0 bridgehead atoms. The Hall–Kier alpha value is -2.97. The zero-order valence-electron chi connectivity index (χ0n) is 16.7. The molecule has 3 rings (SSSR count). The summed E-state index contributed by atoms with van der Waals surface area (Å²) in [5, 5.41) is 11.8. The van der Waals surface area contributed by atoms with Crippen LogP contribution in [0.15, 0.2) is 59.5 Å². The fourth-order valence-electron chi connectivity index (χ4n) is 3.12. The average molecular weight is 455 g/mol. The summed E-state index contributed by atoms with van der Waals surface area (Å²) in [5.41, 5.74) is 1.31. The number of aromatic carboxylic acids is 1. The molecule has 1 fully saturated rings. The molecule has 8 heteroatoms. The number of carbonyl (C=O) groups excluding carboxylic acids is 2. The van der Waals surface area contributed by atoms with E-state index in [9.17, 15) is 19.5 Å². The smallest absolute Gasteiger partial charge is 0.337 e. The summed E-state index contributed by atoms with van der Waals surface area (Å²) in [6, 6.07) is 15.9. The summed E-state index contributed by atoms with van der Waals surface area (Å²) in [4.78, 5) is 38.2. The SMILES string of the molecule is O=C(CCCCCN1C(=O)C(=Cc2ccccc2)SC1=S)Nc1ccccc1C(=O)O. The lowest BCUT2D eigenvalue weighted by atomic mass is 10.1. The maximum atomic E-state index is 12.6. The number of nitrogens with one attached hydrogen (secondary N) is 1. The van der Waals surface area contributed by atoms with Gasteiger partial charge in [0, 0.05) is 13.0 Å². The van der Waals surface area contributed by atoms with Gasteiger partial charge in [-0.05, 0) is 36.6 Å². The van der Waals surface area contributed by atoms with Crippen LogP contribution in [0, 0.1) is 0 Å². The van der Waals surface area contributed by atoms with Gasteiger partial charge in [-0.25, -0.2) is 4.79 Å². The van der Waals surface area contributed by atoms with E-state index in [2.05, 4.69) is 5.32 Å². The van der Waals surface area contributed by atoms with Crippen LogP contribution in [-0.2, 0) is 9.59 Å². The number of carbonyl (C=O) groups is 3. The van der Waals surface area contributed by atoms with Gasteiger partial charge in [-0.2, -0.15) is 0 Å². The van der Waals surface area contributed by atoms with Crippen molar-refractivity contribution in [1.82, 2.24) is 4.90 Å². The van der Waals surface area contributed by atoms with Gasteiger partial charge in [-0.15, -0.1) is 0 Å². The van der Waals surface area contributed by atoms with Gasteiger partial charge in [-0.3, -0.25) is 14.5 Å². The maximum Gasteiger partial charge on any atom is 0.337 e. The summed E-state index contributed by atoms with van der Waals surface area (Å²) in [7, 11) is 0. The van der Waals surface area contributed by atoms with Crippen LogP contribution in [-0.4, -0.2) is 38.7 Å². The first-order valence-electron chi connectivity index (χ1n) is 9.88. The quantitative estimate of drug-likeness (QED) is 0.322. The molecule has 0 unspecified atom stereocenters. The summed E-state index contributed by atoms with van der Waals surface area (Å²) in [6.45, 7) is 0.514. The Morgan fingerprint density at radius 2 is 1.74 bits per heavy atom. The average Bonchev–Trinajstić information content (AvgIpc) is 3.01. The van der Waals surface area contributed by atoms with Gasteiger partial charge in [0.1, 0.15) is 4.32 Å². The highest BCUT2D eigenvalue weighted by Gasteiger charge is 2.31. The Labute approximate surface area is 190 Å². The predicted molar refractivity (Wildman–Crippen MR) is 127 cm³/mol. The van der Waals surface area contributed by atoms with Crippen molar-refractivity contribution in [2.45, 2.75) is 25.7 Å². The number of para-hydroxylation sites is 1. The number of thiocarbonyl (C=S) groups is 1. The fourth-order valence-corrected chi connectivity index (χ4v) is 4.43. The number of benzene rings is 2. The molecule has 0 aromatic heterocycles. The number of amides is 2. The molecular formula is C23H22N2O4S2. The highest BCUT2D eigenvalue weighted by atomic mass is 32.2. The minimum atomic E-state index is -1.08. The molecule has 0 spiro atoms. The fraction of sp³-hybridized carbons (Fsp3) is 0.217. The molecule has 2 aromatic carbocycles. The number of unbranched alkanes of at least 4 members (excludes halogenated alkanes) is 2. The first-order chi connectivity index (χ1) is 15.0. The third-order valence-electron chi connectivity index (χ3n) is 4.69. The number of carboxylic acid groups (broad SMARTS) is 1. The number of carboxylic acids is 1. The largest absolute Gasteiger partial charge is 0.478 e. The van der Waals surface area contributed by atoms with Gasteiger partial charge in [0.05, 0.1) is 16.2 Å². The summed E-state index contributed by atoms with van der Waals surface area (Å²) in [5.74, 6) is -1.40. The van der Waals surface area contributed by atoms with Crippen LogP contribution < -0.4 is 5.32 Å². The highest BCUT2D eigenvalue weighted by molar-refractivity contribution is 8.26. The number of thioether (sulfide) groups is 1. The van der Waals surface area contributed by atoms with Crippen molar-refractivity contribution in [2.24, 2.45) is 0 Å². The van der Waals surface area contributed by atoms with E-state index in [0.717, 1.165) is 18.4 Å². The number of rotatable bonds is 9. The van der Waals surface area contributed by atoms with Crippen LogP contribution in [0.4, 0.5) is 5.69 Å². The van der Waals surface area contributed by atoms with Crippen molar-refractivity contribution < 1.29 is 19.5 Å². The van der Waals surface area contributed by atoms with Crippen molar-refractivity contribution in [2.75, 3.05) is 11.9 Å². The van der Waals surface area contributed by atoms with E-state index >= 15 is 0 Å². The van der Waals surface area contributed by atoms with Crippen molar-refractivity contribution in [3.63, 3.8) is 0 Å². The zero-order chi connectivity index (χ0) is 22.2. The molecule has 0 atom stereocenters. The molecule has 1 aliphatic heterocycles. The second kappa shape index (κ2) is 10.9. The third-order valence-corrected chi connectivity index (χ3v) is 6.07. The van der Waals surface area contributed by atoms with E-state index in [0.29, 0.717) is 27.9 Å². The first kappa shape index (κ1) is 22.7. The molecule has 2 N–H and O–H groups in total. The molecule has 31 heavy (non-hydrogen) atoms. The van der Waals surface area contributed by atoms with E-state index in [-0.39, 0.29) is 23.8 Å². The Bertz CT molecular complexity index is 1020. The number of hydrogen-bond donors (Lipinski definition) is 2. The van der Waals surface area contributed by atoms with Crippen molar-refractivity contribution in [1.29, 1.82) is 0 Å². The molecule has 160 valence electrons. The predicted octanol–water partition coefficient (Wildman–Crippen LogP) is 4.79. The lowest BCUT2D eigenvalue weighted by Gasteiger charge is -2.14. The maximum absolute atomic E-state index is 12.6. The topological polar surface area (TPSA) is 86.7 Å². The monoisotopic (exact) mass is 454 g/mol. The summed E-state index contributed by atoms with van der Waals surface area (Å²) in [6.07, 6.45) is 4.24. The Morgan fingerprint density at radius 3 is 2.48 bits per heavy atom. The van der Waals surface area contributed by atoms with Gasteiger partial charge in [-0.1, -0.05) is 72.9 Å². The third kappa shape index (κ3) is 6.26. The first-order valence-corrected chi connectivity index (χ1v) is 11.1. The van der Waals surface area contributed by atoms with Gasteiger partial charge < -0.3 is 10.4 Å². The van der Waals surface area contributed by atoms with Gasteiger partial charge in [0.25, 0.3) is 5.91 Å². The van der Waals surface area contributed by atoms with Gasteiger partial charge >= 0.3 is 5.97 Å². The van der Waals surface area contributed by atoms with Crippen molar-refractivity contribution >= 4 is 57.8 Å². The van der Waals surface area contributed by atoms with Crippen LogP contribution in [0.2, 0.25) is 0 Å². The summed E-state index contributed by atoms with van der Waals surface area (Å²) >= 11 is 6.66. The second-order valence-electron chi connectivity index (χ2n) is 6.95.